The maximum atomic E-state index is 12.6. The standard InChI is InChI=1S/C17H32O4/c1-11(2)9-17(14(18)19,10-12(3)4)15(20)21-13(5)16(6,7)8/h11-13H,9-10H2,1-8H3,(H,18,19). The van der Waals surface area contributed by atoms with E-state index < -0.39 is 17.4 Å². The summed E-state index contributed by atoms with van der Waals surface area (Å²) in [6, 6.07) is 0. The fourth-order valence-electron chi connectivity index (χ4n) is 2.36. The van der Waals surface area contributed by atoms with Gasteiger partial charge in [-0.05, 0) is 37.0 Å². The smallest absolute Gasteiger partial charge is 0.323 e. The minimum Gasteiger partial charge on any atom is -0.480 e. The summed E-state index contributed by atoms with van der Waals surface area (Å²) in [4.78, 5) is 24.5. The van der Waals surface area contributed by atoms with Crippen LogP contribution in [0.1, 0.15) is 68.2 Å². The first-order valence-corrected chi connectivity index (χ1v) is 7.77. The van der Waals surface area contributed by atoms with E-state index in [1.165, 1.54) is 0 Å². The van der Waals surface area contributed by atoms with Gasteiger partial charge in [0.2, 0.25) is 0 Å². The van der Waals surface area contributed by atoms with Crippen LogP contribution in [0.5, 0.6) is 0 Å². The predicted octanol–water partition coefficient (Wildman–Crippen LogP) is 4.13. The summed E-state index contributed by atoms with van der Waals surface area (Å²) in [6.07, 6.45) is 0.273. The number of ether oxygens (including phenoxy) is 1. The second-order valence-electron chi connectivity index (χ2n) is 8.00. The normalized spacial score (nSPS) is 14.4. The summed E-state index contributed by atoms with van der Waals surface area (Å²) < 4.78 is 5.52. The largest absolute Gasteiger partial charge is 0.480 e. The molecule has 124 valence electrons. The van der Waals surface area contributed by atoms with Crippen molar-refractivity contribution in [2.24, 2.45) is 22.7 Å². The minimum atomic E-state index is -1.44. The molecule has 0 bridgehead atoms. The summed E-state index contributed by atoms with van der Waals surface area (Å²) in [5, 5.41) is 9.71. The Kier molecular flexibility index (Phi) is 6.91. The van der Waals surface area contributed by atoms with Crippen molar-refractivity contribution in [3.63, 3.8) is 0 Å². The van der Waals surface area contributed by atoms with Gasteiger partial charge in [0, 0.05) is 0 Å². The van der Waals surface area contributed by atoms with Crippen molar-refractivity contribution in [3.05, 3.63) is 0 Å². The van der Waals surface area contributed by atoms with Gasteiger partial charge in [-0.2, -0.15) is 0 Å². The van der Waals surface area contributed by atoms with E-state index in [4.69, 9.17) is 4.74 Å². The number of rotatable bonds is 7. The van der Waals surface area contributed by atoms with E-state index in [1.807, 2.05) is 55.4 Å². The highest BCUT2D eigenvalue weighted by Crippen LogP contribution is 2.37. The highest BCUT2D eigenvalue weighted by atomic mass is 16.5. The SMILES string of the molecule is CC(C)CC(CC(C)C)(C(=O)O)C(=O)OC(C)C(C)(C)C. The molecular formula is C17H32O4. The second kappa shape index (κ2) is 7.28. The van der Waals surface area contributed by atoms with E-state index in [1.54, 1.807) is 0 Å². The lowest BCUT2D eigenvalue weighted by Crippen LogP contribution is -2.45. The zero-order chi connectivity index (χ0) is 17.0. The molecule has 1 N–H and O–H groups in total. The molecule has 0 rings (SSSR count). The third-order valence-electron chi connectivity index (χ3n) is 3.82. The van der Waals surface area contributed by atoms with E-state index in [0.29, 0.717) is 12.8 Å². The molecule has 0 spiro atoms. The lowest BCUT2D eigenvalue weighted by atomic mass is 9.74. The molecule has 0 aliphatic rings. The molecule has 1 atom stereocenters. The average Bonchev–Trinajstić information content (AvgIpc) is 2.24. The molecular weight excluding hydrogens is 268 g/mol. The van der Waals surface area contributed by atoms with Crippen LogP contribution in [0, 0.1) is 22.7 Å². The van der Waals surface area contributed by atoms with Gasteiger partial charge in [-0.1, -0.05) is 48.5 Å². The molecule has 0 aliphatic carbocycles. The van der Waals surface area contributed by atoms with Crippen LogP contribution in [0.2, 0.25) is 0 Å². The van der Waals surface area contributed by atoms with Crippen molar-refractivity contribution >= 4 is 11.9 Å². The molecule has 0 heterocycles. The molecule has 0 fully saturated rings. The molecule has 0 aromatic rings. The maximum Gasteiger partial charge on any atom is 0.323 e. The second-order valence-corrected chi connectivity index (χ2v) is 8.00. The fourth-order valence-corrected chi connectivity index (χ4v) is 2.36. The van der Waals surface area contributed by atoms with Gasteiger partial charge in [-0.3, -0.25) is 9.59 Å². The van der Waals surface area contributed by atoms with E-state index >= 15 is 0 Å². The summed E-state index contributed by atoms with van der Waals surface area (Å²) >= 11 is 0. The first-order chi connectivity index (χ1) is 9.32. The Labute approximate surface area is 129 Å². The van der Waals surface area contributed by atoms with E-state index in [2.05, 4.69) is 0 Å². The quantitative estimate of drug-likeness (QED) is 0.567. The number of hydrogen-bond acceptors (Lipinski definition) is 3. The fraction of sp³-hybridized carbons (Fsp3) is 0.882. The van der Waals surface area contributed by atoms with Crippen molar-refractivity contribution < 1.29 is 19.4 Å². The Balaban J connectivity index is 5.45. The monoisotopic (exact) mass is 300 g/mol. The summed E-state index contributed by atoms with van der Waals surface area (Å²) in [6.45, 7) is 15.4. The van der Waals surface area contributed by atoms with Crippen LogP contribution in [0.25, 0.3) is 0 Å². The molecule has 0 aromatic heterocycles. The molecule has 0 radical (unpaired) electrons. The minimum absolute atomic E-state index is 0.109. The maximum absolute atomic E-state index is 12.6. The highest BCUT2D eigenvalue weighted by molar-refractivity contribution is 5.99. The van der Waals surface area contributed by atoms with Crippen molar-refractivity contribution in [2.45, 2.75) is 74.3 Å². The molecule has 0 saturated carbocycles. The Morgan fingerprint density at radius 2 is 1.33 bits per heavy atom. The Bertz CT molecular complexity index is 353. The van der Waals surface area contributed by atoms with Crippen molar-refractivity contribution in [2.75, 3.05) is 0 Å². The zero-order valence-electron chi connectivity index (χ0n) is 14.8. The van der Waals surface area contributed by atoms with Crippen LogP contribution < -0.4 is 0 Å². The lowest BCUT2D eigenvalue weighted by Gasteiger charge is -2.34. The van der Waals surface area contributed by atoms with Crippen LogP contribution in [0.15, 0.2) is 0 Å². The predicted molar refractivity (Wildman–Crippen MR) is 84.0 cm³/mol. The van der Waals surface area contributed by atoms with Gasteiger partial charge in [-0.25, -0.2) is 0 Å². The number of aliphatic carboxylic acids is 1. The van der Waals surface area contributed by atoms with Crippen LogP contribution in [0.3, 0.4) is 0 Å². The van der Waals surface area contributed by atoms with Crippen molar-refractivity contribution in [1.82, 2.24) is 0 Å². The third kappa shape index (κ3) is 5.68. The molecule has 21 heavy (non-hydrogen) atoms. The van der Waals surface area contributed by atoms with Gasteiger partial charge in [0.1, 0.15) is 6.10 Å². The van der Waals surface area contributed by atoms with Gasteiger partial charge in [-0.15, -0.1) is 0 Å². The molecule has 0 amide bonds. The van der Waals surface area contributed by atoms with Gasteiger partial charge >= 0.3 is 11.9 Å². The lowest BCUT2D eigenvalue weighted by molar-refractivity contribution is -0.178. The number of carbonyl (C=O) groups is 2. The van der Waals surface area contributed by atoms with Gasteiger partial charge < -0.3 is 9.84 Å². The van der Waals surface area contributed by atoms with Gasteiger partial charge in [0.15, 0.2) is 5.41 Å². The summed E-state index contributed by atoms with van der Waals surface area (Å²) in [7, 11) is 0. The van der Waals surface area contributed by atoms with E-state index in [0.717, 1.165) is 0 Å². The van der Waals surface area contributed by atoms with Crippen LogP contribution in [0.4, 0.5) is 0 Å². The molecule has 4 nitrogen and oxygen atoms in total. The first-order valence-electron chi connectivity index (χ1n) is 7.77. The van der Waals surface area contributed by atoms with E-state index in [9.17, 15) is 14.7 Å². The number of esters is 1. The summed E-state index contributed by atoms with van der Waals surface area (Å²) in [5.74, 6) is -1.45. The van der Waals surface area contributed by atoms with Crippen molar-refractivity contribution in [1.29, 1.82) is 0 Å². The Hall–Kier alpha value is -1.06. The van der Waals surface area contributed by atoms with Gasteiger partial charge in [0.05, 0.1) is 0 Å². The number of carbonyl (C=O) groups excluding carboxylic acids is 1. The number of hydrogen-bond donors (Lipinski definition) is 1. The highest BCUT2D eigenvalue weighted by Gasteiger charge is 2.49. The van der Waals surface area contributed by atoms with Crippen molar-refractivity contribution in [3.8, 4) is 0 Å². The zero-order valence-corrected chi connectivity index (χ0v) is 14.8. The van der Waals surface area contributed by atoms with Crippen LogP contribution in [-0.4, -0.2) is 23.1 Å². The number of carboxylic acid groups (broad SMARTS) is 1. The van der Waals surface area contributed by atoms with Gasteiger partial charge in [0.25, 0.3) is 0 Å². The van der Waals surface area contributed by atoms with E-state index in [-0.39, 0.29) is 23.4 Å². The Morgan fingerprint density at radius 1 is 0.952 bits per heavy atom. The molecule has 0 aromatic carbocycles. The molecule has 1 unspecified atom stereocenters. The number of carboxylic acids is 1. The molecule has 4 heteroatoms. The third-order valence-corrected chi connectivity index (χ3v) is 3.82. The Morgan fingerprint density at radius 3 is 1.57 bits per heavy atom. The first kappa shape index (κ1) is 19.9. The molecule has 0 aliphatic heterocycles. The topological polar surface area (TPSA) is 63.6 Å². The van der Waals surface area contributed by atoms with Crippen LogP contribution >= 0.6 is 0 Å². The average molecular weight is 300 g/mol. The molecule has 0 saturated heterocycles. The van der Waals surface area contributed by atoms with Crippen LogP contribution in [-0.2, 0) is 14.3 Å². The summed E-state index contributed by atoms with van der Waals surface area (Å²) in [5.41, 5.74) is -1.66.